The Bertz CT molecular complexity index is 765. The molecule has 0 aliphatic heterocycles. The summed E-state index contributed by atoms with van der Waals surface area (Å²) in [6.45, 7) is 0.205. The van der Waals surface area contributed by atoms with Gasteiger partial charge in [0, 0.05) is 19.8 Å². The summed E-state index contributed by atoms with van der Waals surface area (Å²) in [5, 5.41) is 8.98. The van der Waals surface area contributed by atoms with Crippen LogP contribution in [0.4, 0.5) is 0 Å². The topological polar surface area (TPSA) is 74.1 Å². The zero-order chi connectivity index (χ0) is 15.5. The predicted molar refractivity (Wildman–Crippen MR) is 79.1 cm³/mol. The van der Waals surface area contributed by atoms with Crippen molar-refractivity contribution in [2.24, 2.45) is 0 Å². The number of halogens is 1. The van der Waals surface area contributed by atoms with Crippen LogP contribution in [0.1, 0.15) is 11.1 Å². The normalized spacial score (nSPS) is 11.3. The summed E-state index contributed by atoms with van der Waals surface area (Å²) in [6, 6.07) is 11.6. The molecule has 2 rings (SSSR count). The van der Waals surface area contributed by atoms with Gasteiger partial charge < -0.3 is 0 Å². The fraction of sp³-hybridized carbons (Fsp3) is 0.143. The molecule has 0 atom stereocenters. The fourth-order valence-electron chi connectivity index (χ4n) is 1.72. The van der Waals surface area contributed by atoms with Gasteiger partial charge in [0.05, 0.1) is 11.6 Å². The van der Waals surface area contributed by atoms with E-state index in [-0.39, 0.29) is 16.6 Å². The Kier molecular flexibility index (Phi) is 4.58. The lowest BCUT2D eigenvalue weighted by Gasteiger charge is -2.17. The maximum Gasteiger partial charge on any atom is 0.244 e. The van der Waals surface area contributed by atoms with Crippen LogP contribution in [-0.4, -0.2) is 24.8 Å². The number of aromatic nitrogens is 1. The van der Waals surface area contributed by atoms with Crippen LogP contribution < -0.4 is 0 Å². The SMILES string of the molecule is CN(Cc1ccc(C#N)cc1)S(=O)(=O)c1ccc(Cl)nc1. The van der Waals surface area contributed by atoms with Crippen molar-refractivity contribution in [1.82, 2.24) is 9.29 Å². The number of benzene rings is 1. The molecule has 0 aliphatic rings. The third-order valence-corrected chi connectivity index (χ3v) is 4.91. The van der Waals surface area contributed by atoms with Gasteiger partial charge in [0.2, 0.25) is 10.0 Å². The Morgan fingerprint density at radius 3 is 2.43 bits per heavy atom. The molecule has 7 heteroatoms. The van der Waals surface area contributed by atoms with Crippen LogP contribution in [0.2, 0.25) is 5.15 Å². The zero-order valence-corrected chi connectivity index (χ0v) is 12.8. The van der Waals surface area contributed by atoms with Crippen molar-refractivity contribution < 1.29 is 8.42 Å². The molecule has 0 radical (unpaired) electrons. The average molecular weight is 322 g/mol. The third-order valence-electron chi connectivity index (χ3n) is 2.90. The average Bonchev–Trinajstić information content (AvgIpc) is 2.48. The van der Waals surface area contributed by atoms with E-state index in [2.05, 4.69) is 4.98 Å². The first-order valence-electron chi connectivity index (χ1n) is 6.00. The molecule has 108 valence electrons. The molecular formula is C14H12ClN3O2S. The van der Waals surface area contributed by atoms with Gasteiger partial charge in [0.1, 0.15) is 10.0 Å². The molecule has 2 aromatic rings. The van der Waals surface area contributed by atoms with E-state index < -0.39 is 10.0 Å². The first kappa shape index (κ1) is 15.4. The molecule has 1 aromatic carbocycles. The lowest BCUT2D eigenvalue weighted by molar-refractivity contribution is 0.466. The summed E-state index contributed by atoms with van der Waals surface area (Å²) in [6.07, 6.45) is 1.23. The van der Waals surface area contributed by atoms with E-state index in [1.807, 2.05) is 6.07 Å². The summed E-state index contributed by atoms with van der Waals surface area (Å²) >= 11 is 5.65. The van der Waals surface area contributed by atoms with E-state index >= 15 is 0 Å². The first-order valence-corrected chi connectivity index (χ1v) is 7.82. The maximum absolute atomic E-state index is 12.4. The molecule has 0 amide bonds. The van der Waals surface area contributed by atoms with Crippen LogP contribution in [0.15, 0.2) is 47.5 Å². The molecule has 21 heavy (non-hydrogen) atoms. The van der Waals surface area contributed by atoms with Gasteiger partial charge in [-0.15, -0.1) is 0 Å². The van der Waals surface area contributed by atoms with Gasteiger partial charge in [0.25, 0.3) is 0 Å². The third kappa shape index (κ3) is 3.58. The number of nitrogens with zero attached hydrogens (tertiary/aromatic N) is 3. The molecule has 0 aliphatic carbocycles. The van der Waals surface area contributed by atoms with Gasteiger partial charge in [-0.1, -0.05) is 23.7 Å². The van der Waals surface area contributed by atoms with Crippen molar-refractivity contribution in [3.8, 4) is 6.07 Å². The Morgan fingerprint density at radius 2 is 1.90 bits per heavy atom. The van der Waals surface area contributed by atoms with Crippen LogP contribution in [-0.2, 0) is 16.6 Å². The second kappa shape index (κ2) is 6.22. The second-order valence-electron chi connectivity index (χ2n) is 4.39. The monoisotopic (exact) mass is 321 g/mol. The molecule has 0 saturated heterocycles. The number of sulfonamides is 1. The van der Waals surface area contributed by atoms with Gasteiger partial charge >= 0.3 is 0 Å². The Hall–Kier alpha value is -1.94. The standard InChI is InChI=1S/C14H12ClN3O2S/c1-18(10-12-4-2-11(8-16)3-5-12)21(19,20)13-6-7-14(15)17-9-13/h2-7,9H,10H2,1H3. The number of rotatable bonds is 4. The van der Waals surface area contributed by atoms with Crippen LogP contribution in [0, 0.1) is 11.3 Å². The largest absolute Gasteiger partial charge is 0.244 e. The molecular weight excluding hydrogens is 310 g/mol. The molecule has 0 unspecified atom stereocenters. The molecule has 0 spiro atoms. The summed E-state index contributed by atoms with van der Waals surface area (Å²) in [4.78, 5) is 3.87. The van der Waals surface area contributed by atoms with Gasteiger partial charge in [-0.2, -0.15) is 9.57 Å². The predicted octanol–water partition coefficient (Wildman–Crippen LogP) is 2.43. The highest BCUT2D eigenvalue weighted by molar-refractivity contribution is 7.89. The lowest BCUT2D eigenvalue weighted by Crippen LogP contribution is -2.26. The molecule has 0 saturated carbocycles. The van der Waals surface area contributed by atoms with Crippen molar-refractivity contribution in [2.75, 3.05) is 7.05 Å². The minimum absolute atomic E-state index is 0.0862. The van der Waals surface area contributed by atoms with E-state index in [9.17, 15) is 8.42 Å². The number of pyridine rings is 1. The second-order valence-corrected chi connectivity index (χ2v) is 6.82. The van der Waals surface area contributed by atoms with E-state index in [0.29, 0.717) is 5.56 Å². The van der Waals surface area contributed by atoms with Crippen molar-refractivity contribution >= 4 is 21.6 Å². The molecule has 1 heterocycles. The van der Waals surface area contributed by atoms with Crippen molar-refractivity contribution in [1.29, 1.82) is 5.26 Å². The minimum Gasteiger partial charge on any atom is -0.243 e. The van der Waals surface area contributed by atoms with E-state index in [4.69, 9.17) is 16.9 Å². The Balaban J connectivity index is 2.20. The zero-order valence-electron chi connectivity index (χ0n) is 11.2. The van der Waals surface area contributed by atoms with Gasteiger partial charge in [0.15, 0.2) is 0 Å². The Morgan fingerprint density at radius 1 is 1.24 bits per heavy atom. The molecule has 0 bridgehead atoms. The summed E-state index contributed by atoms with van der Waals surface area (Å²) in [5.41, 5.74) is 1.33. The van der Waals surface area contributed by atoms with Gasteiger partial charge in [-0.05, 0) is 29.8 Å². The molecule has 5 nitrogen and oxygen atoms in total. The van der Waals surface area contributed by atoms with Crippen LogP contribution in [0.25, 0.3) is 0 Å². The molecule has 1 aromatic heterocycles. The number of nitriles is 1. The minimum atomic E-state index is -3.62. The van der Waals surface area contributed by atoms with E-state index in [1.165, 1.54) is 29.7 Å². The fourth-order valence-corrected chi connectivity index (χ4v) is 2.94. The highest BCUT2D eigenvalue weighted by atomic mass is 35.5. The highest BCUT2D eigenvalue weighted by Gasteiger charge is 2.21. The summed E-state index contributed by atoms with van der Waals surface area (Å²) in [7, 11) is -2.13. The highest BCUT2D eigenvalue weighted by Crippen LogP contribution is 2.17. The maximum atomic E-state index is 12.4. The lowest BCUT2D eigenvalue weighted by atomic mass is 10.1. The van der Waals surface area contributed by atoms with Crippen LogP contribution in [0.5, 0.6) is 0 Å². The quantitative estimate of drug-likeness (QED) is 0.811. The van der Waals surface area contributed by atoms with E-state index in [1.54, 1.807) is 24.3 Å². The van der Waals surface area contributed by atoms with Gasteiger partial charge in [-0.3, -0.25) is 0 Å². The number of hydrogen-bond acceptors (Lipinski definition) is 4. The summed E-state index contributed by atoms with van der Waals surface area (Å²) in [5.74, 6) is 0. The Labute approximate surface area is 128 Å². The van der Waals surface area contributed by atoms with Crippen molar-refractivity contribution in [3.63, 3.8) is 0 Å². The van der Waals surface area contributed by atoms with Crippen molar-refractivity contribution in [3.05, 3.63) is 58.9 Å². The molecule has 0 fully saturated rings. The van der Waals surface area contributed by atoms with Crippen LogP contribution in [0.3, 0.4) is 0 Å². The van der Waals surface area contributed by atoms with Crippen LogP contribution >= 0.6 is 11.6 Å². The smallest absolute Gasteiger partial charge is 0.243 e. The molecule has 0 N–H and O–H groups in total. The van der Waals surface area contributed by atoms with Crippen molar-refractivity contribution in [2.45, 2.75) is 11.4 Å². The first-order chi connectivity index (χ1) is 9.93. The number of hydrogen-bond donors (Lipinski definition) is 0. The van der Waals surface area contributed by atoms with Gasteiger partial charge in [-0.25, -0.2) is 13.4 Å². The van der Waals surface area contributed by atoms with E-state index in [0.717, 1.165) is 5.56 Å². The summed E-state index contributed by atoms with van der Waals surface area (Å²) < 4.78 is 25.9.